The monoisotopic (exact) mass is 761 g/mol. The lowest BCUT2D eigenvalue weighted by Crippen LogP contribution is -2.54. The molecule has 0 saturated carbocycles. The van der Waals surface area contributed by atoms with Crippen molar-refractivity contribution in [2.75, 3.05) is 52.4 Å². The van der Waals surface area contributed by atoms with Gasteiger partial charge in [0.2, 0.25) is 11.8 Å². The fraction of sp³-hybridized carbons (Fsp3) is 0.286. The van der Waals surface area contributed by atoms with Crippen molar-refractivity contribution in [2.24, 2.45) is 0 Å². The zero-order valence-electron chi connectivity index (χ0n) is 30.6. The fourth-order valence-electron chi connectivity index (χ4n) is 7.08. The number of benzene rings is 3. The van der Waals surface area contributed by atoms with E-state index in [9.17, 15) is 24.3 Å². The number of nitrogens with zero attached hydrogens (tertiary/aromatic N) is 3. The second-order valence-corrected chi connectivity index (χ2v) is 14.7. The smallest absolute Gasteiger partial charge is 0.264 e. The largest absolute Gasteiger partial charge is 0.508 e. The summed E-state index contributed by atoms with van der Waals surface area (Å²) in [4.78, 5) is 57.3. The van der Waals surface area contributed by atoms with Crippen molar-refractivity contribution in [1.82, 2.24) is 25.3 Å². The normalized spacial score (nSPS) is 18.6. The van der Waals surface area contributed by atoms with E-state index >= 15 is 0 Å². The minimum absolute atomic E-state index is 0.0690. The molecule has 55 heavy (non-hydrogen) atoms. The average molecular weight is 762 g/mol. The number of aromatic hydroxyl groups is 1. The number of nitrogens with one attached hydrogen (secondary N) is 2. The van der Waals surface area contributed by atoms with Crippen molar-refractivity contribution in [2.45, 2.75) is 25.8 Å². The maximum Gasteiger partial charge on any atom is 0.264 e. The third kappa shape index (κ3) is 8.34. The summed E-state index contributed by atoms with van der Waals surface area (Å²) >= 11 is 1.59. The number of carbonyl (C=O) groups is 4. The number of phenols is 1. The fourth-order valence-corrected chi connectivity index (χ4v) is 8.25. The SMILES string of the molecule is C=C/C=C(/NCCN1CCN(CCOc2ccc(Oc3c(-c4ccccc4)sc4cc(O)ccc34)cc2)CC1)C1=C(C)C(=O)N(C2CCC(=O)NC2=O)C1=O. The first-order valence-electron chi connectivity index (χ1n) is 18.4. The zero-order chi connectivity index (χ0) is 38.5. The van der Waals surface area contributed by atoms with Crippen LogP contribution in [0.15, 0.2) is 108 Å². The first-order chi connectivity index (χ1) is 26.7. The van der Waals surface area contributed by atoms with Gasteiger partial charge in [-0.1, -0.05) is 43.0 Å². The van der Waals surface area contributed by atoms with E-state index in [1.807, 2.05) is 48.5 Å². The molecule has 0 radical (unpaired) electrons. The molecule has 0 aliphatic carbocycles. The molecule has 2 fully saturated rings. The van der Waals surface area contributed by atoms with Gasteiger partial charge >= 0.3 is 0 Å². The van der Waals surface area contributed by atoms with Crippen LogP contribution in [0.2, 0.25) is 0 Å². The Morgan fingerprint density at radius 1 is 0.945 bits per heavy atom. The molecule has 12 nitrogen and oxygen atoms in total. The van der Waals surface area contributed by atoms with E-state index in [4.69, 9.17) is 9.47 Å². The summed E-state index contributed by atoms with van der Waals surface area (Å²) < 4.78 is 13.5. The van der Waals surface area contributed by atoms with Crippen molar-refractivity contribution in [3.05, 3.63) is 108 Å². The van der Waals surface area contributed by atoms with Gasteiger partial charge < -0.3 is 19.9 Å². The van der Waals surface area contributed by atoms with Crippen molar-refractivity contribution in [3.63, 3.8) is 0 Å². The van der Waals surface area contributed by atoms with E-state index in [1.54, 1.807) is 42.5 Å². The number of hydrogen-bond acceptors (Lipinski definition) is 11. The maximum atomic E-state index is 13.5. The number of rotatable bonds is 14. The Hall–Kier alpha value is -5.76. The minimum Gasteiger partial charge on any atom is -0.508 e. The van der Waals surface area contributed by atoms with Crippen LogP contribution < -0.4 is 20.1 Å². The second-order valence-electron chi connectivity index (χ2n) is 13.6. The third-order valence-corrected chi connectivity index (χ3v) is 11.2. The molecule has 13 heteroatoms. The van der Waals surface area contributed by atoms with Crippen LogP contribution in [0.3, 0.4) is 0 Å². The maximum absolute atomic E-state index is 13.5. The highest BCUT2D eigenvalue weighted by molar-refractivity contribution is 7.22. The van der Waals surface area contributed by atoms with E-state index in [1.165, 1.54) is 0 Å². The molecule has 0 bridgehead atoms. The van der Waals surface area contributed by atoms with E-state index < -0.39 is 29.7 Å². The molecule has 4 aromatic rings. The van der Waals surface area contributed by atoms with Crippen molar-refractivity contribution < 1.29 is 33.8 Å². The Bertz CT molecular complexity index is 2170. The van der Waals surface area contributed by atoms with Crippen LogP contribution in [-0.4, -0.2) is 102 Å². The summed E-state index contributed by atoms with van der Waals surface area (Å²) in [5.74, 6) is 0.313. The molecule has 4 heterocycles. The summed E-state index contributed by atoms with van der Waals surface area (Å²) in [5, 5.41) is 16.5. The summed E-state index contributed by atoms with van der Waals surface area (Å²) in [5.41, 5.74) is 2.00. The number of piperidine rings is 1. The number of fused-ring (bicyclic) bond motifs is 1. The Kier molecular flexibility index (Phi) is 11.4. The predicted octanol–water partition coefficient (Wildman–Crippen LogP) is 5.21. The summed E-state index contributed by atoms with van der Waals surface area (Å²) in [6.45, 7) is 11.5. The van der Waals surface area contributed by atoms with Gasteiger partial charge in [0.1, 0.15) is 29.9 Å². The number of allylic oxidation sites excluding steroid dienone is 2. The summed E-state index contributed by atoms with van der Waals surface area (Å²) in [7, 11) is 0. The number of phenolic OH excluding ortho intramolecular Hbond substituents is 1. The number of amides is 4. The minimum atomic E-state index is -1.01. The van der Waals surface area contributed by atoms with Crippen LogP contribution in [0.4, 0.5) is 0 Å². The van der Waals surface area contributed by atoms with Gasteiger partial charge in [-0.2, -0.15) is 0 Å². The number of thiophene rings is 1. The van der Waals surface area contributed by atoms with E-state index in [2.05, 4.69) is 39.1 Å². The van der Waals surface area contributed by atoms with Crippen molar-refractivity contribution >= 4 is 45.1 Å². The number of piperazine rings is 1. The molecule has 1 atom stereocenters. The van der Waals surface area contributed by atoms with Gasteiger partial charge in [-0.15, -0.1) is 11.3 Å². The standard InChI is InChI=1S/C42H43N5O7S/c1-3-7-33(37-27(2)41(51)47(42(37)52)34-16-17-36(49)44-40(34)50)43-18-19-45-20-22-46(23-21-45)24-25-53-30-11-13-31(14-12-30)54-38-32-15-10-29(48)26-35(32)55-39(38)28-8-5-4-6-9-28/h3-15,26,34,43,48H,1,16-25H2,2H3,(H,44,49,50)/b33-7+. The molecule has 1 aromatic heterocycles. The molecule has 7 rings (SSSR count). The Morgan fingerprint density at radius 3 is 2.36 bits per heavy atom. The van der Waals surface area contributed by atoms with Crippen LogP contribution in [0.1, 0.15) is 19.8 Å². The van der Waals surface area contributed by atoms with Gasteiger partial charge in [-0.25, -0.2) is 0 Å². The van der Waals surface area contributed by atoms with E-state index in [-0.39, 0.29) is 29.7 Å². The second kappa shape index (κ2) is 16.7. The highest BCUT2D eigenvalue weighted by Crippen LogP contribution is 2.47. The molecule has 3 aliphatic heterocycles. The zero-order valence-corrected chi connectivity index (χ0v) is 31.4. The van der Waals surface area contributed by atoms with Crippen LogP contribution >= 0.6 is 11.3 Å². The lowest BCUT2D eigenvalue weighted by Gasteiger charge is -2.34. The van der Waals surface area contributed by atoms with Gasteiger partial charge in [0.15, 0.2) is 5.75 Å². The van der Waals surface area contributed by atoms with Gasteiger partial charge in [-0.05, 0) is 67.4 Å². The molecule has 3 aliphatic rings. The quantitative estimate of drug-likeness (QED) is 0.116. The van der Waals surface area contributed by atoms with Gasteiger partial charge in [-0.3, -0.25) is 39.2 Å². The van der Waals surface area contributed by atoms with E-state index in [0.29, 0.717) is 24.6 Å². The molecular weight excluding hydrogens is 719 g/mol. The Labute approximate surface area is 323 Å². The van der Waals surface area contributed by atoms with E-state index in [0.717, 1.165) is 76.2 Å². The highest BCUT2D eigenvalue weighted by Gasteiger charge is 2.45. The van der Waals surface area contributed by atoms with Crippen molar-refractivity contribution in [1.29, 1.82) is 0 Å². The number of hydrogen-bond donors (Lipinski definition) is 3. The number of carbonyl (C=O) groups excluding carboxylic acids is 4. The lowest BCUT2D eigenvalue weighted by molar-refractivity contribution is -0.150. The van der Waals surface area contributed by atoms with Gasteiger partial charge in [0.05, 0.1) is 10.5 Å². The van der Waals surface area contributed by atoms with Gasteiger partial charge in [0, 0.05) is 73.6 Å². The Morgan fingerprint density at radius 2 is 1.65 bits per heavy atom. The lowest BCUT2D eigenvalue weighted by atomic mass is 10.0. The molecular formula is C42H43N5O7S. The highest BCUT2D eigenvalue weighted by atomic mass is 32.1. The van der Waals surface area contributed by atoms with Crippen LogP contribution in [0.25, 0.3) is 20.5 Å². The van der Waals surface area contributed by atoms with Crippen molar-refractivity contribution in [3.8, 4) is 33.4 Å². The molecule has 3 N–H and O–H groups in total. The molecule has 284 valence electrons. The summed E-state index contributed by atoms with van der Waals surface area (Å²) in [6.07, 6.45) is 3.40. The molecule has 0 spiro atoms. The predicted molar refractivity (Wildman–Crippen MR) is 211 cm³/mol. The Balaban J connectivity index is 0.859. The third-order valence-electron chi connectivity index (χ3n) is 10.0. The average Bonchev–Trinajstić information content (AvgIpc) is 3.64. The first-order valence-corrected chi connectivity index (χ1v) is 19.2. The summed E-state index contributed by atoms with van der Waals surface area (Å²) in [6, 6.07) is 22.0. The number of imide groups is 2. The van der Waals surface area contributed by atoms with Crippen LogP contribution in [-0.2, 0) is 19.2 Å². The molecule has 1 unspecified atom stereocenters. The number of ether oxygens (including phenoxy) is 2. The van der Waals surface area contributed by atoms with Gasteiger partial charge in [0.25, 0.3) is 11.8 Å². The first kappa shape index (κ1) is 37.6. The molecule has 3 aromatic carbocycles. The van der Waals surface area contributed by atoms with Crippen LogP contribution in [0, 0.1) is 0 Å². The van der Waals surface area contributed by atoms with Crippen LogP contribution in [0.5, 0.6) is 23.0 Å². The molecule has 4 amide bonds. The topological polar surface area (TPSA) is 141 Å². The molecule has 2 saturated heterocycles.